The topological polar surface area (TPSA) is 75.3 Å². The normalized spacial score (nSPS) is 12.8. The van der Waals surface area contributed by atoms with E-state index >= 15 is 0 Å². The lowest BCUT2D eigenvalue weighted by molar-refractivity contribution is -0.122. The first kappa shape index (κ1) is 19.9. The highest BCUT2D eigenvalue weighted by Gasteiger charge is 2.22. The van der Waals surface area contributed by atoms with Crippen molar-refractivity contribution >= 4 is 27.7 Å². The molecule has 2 N–H and O–H groups in total. The molecule has 5 nitrogen and oxygen atoms in total. The van der Waals surface area contributed by atoms with Gasteiger partial charge in [-0.25, -0.2) is 17.5 Å². The number of sulfonamides is 1. The van der Waals surface area contributed by atoms with Gasteiger partial charge >= 0.3 is 0 Å². The molecule has 1 aromatic rings. The fraction of sp³-hybridized carbons (Fsp3) is 0.533. The third-order valence-corrected chi connectivity index (χ3v) is 5.33. The Labute approximate surface area is 141 Å². The first-order valence-corrected chi connectivity index (χ1v) is 10.4. The minimum absolute atomic E-state index is 0.0781. The summed E-state index contributed by atoms with van der Waals surface area (Å²) in [4.78, 5) is 12.2. The standard InChI is InChI=1S/C15H23FN2O3S2/c1-3-23(20,21)18-14(9-11-22-2)15(19)17-10-8-12-6-4-5-7-13(12)16/h4-7,14,18H,3,8-11H2,1-2H3,(H,17,19). The molecule has 0 bridgehead atoms. The molecule has 0 aliphatic carbocycles. The lowest BCUT2D eigenvalue weighted by atomic mass is 10.1. The largest absolute Gasteiger partial charge is 0.354 e. The van der Waals surface area contributed by atoms with Gasteiger partial charge in [-0.3, -0.25) is 4.79 Å². The van der Waals surface area contributed by atoms with Crippen molar-refractivity contribution in [3.05, 3.63) is 35.6 Å². The van der Waals surface area contributed by atoms with Crippen molar-refractivity contribution in [3.63, 3.8) is 0 Å². The van der Waals surface area contributed by atoms with E-state index in [1.807, 2.05) is 6.26 Å². The molecular weight excluding hydrogens is 339 g/mol. The average molecular weight is 362 g/mol. The first-order valence-electron chi connectivity index (χ1n) is 7.39. The molecule has 0 fully saturated rings. The van der Waals surface area contributed by atoms with E-state index in [4.69, 9.17) is 0 Å². The third-order valence-electron chi connectivity index (χ3n) is 3.28. The predicted octanol–water partition coefficient (Wildman–Crippen LogP) is 1.55. The Kier molecular flexibility index (Phi) is 8.57. The number of carbonyl (C=O) groups is 1. The van der Waals surface area contributed by atoms with Crippen molar-refractivity contribution in [1.29, 1.82) is 0 Å². The second-order valence-electron chi connectivity index (χ2n) is 4.99. The number of carbonyl (C=O) groups excluding carboxylic acids is 1. The highest BCUT2D eigenvalue weighted by Crippen LogP contribution is 2.07. The molecule has 1 amide bonds. The van der Waals surface area contributed by atoms with Crippen LogP contribution in [0.15, 0.2) is 24.3 Å². The van der Waals surface area contributed by atoms with E-state index in [1.165, 1.54) is 24.8 Å². The van der Waals surface area contributed by atoms with E-state index in [0.717, 1.165) is 0 Å². The summed E-state index contributed by atoms with van der Waals surface area (Å²) in [5.41, 5.74) is 0.516. The lowest BCUT2D eigenvalue weighted by Gasteiger charge is -2.17. The molecule has 0 saturated heterocycles. The molecule has 0 saturated carbocycles. The summed E-state index contributed by atoms with van der Waals surface area (Å²) in [5, 5.41) is 2.67. The Morgan fingerprint density at radius 3 is 2.65 bits per heavy atom. The molecular formula is C15H23FN2O3S2. The van der Waals surface area contributed by atoms with Crippen molar-refractivity contribution in [2.24, 2.45) is 0 Å². The van der Waals surface area contributed by atoms with Crippen LogP contribution in [0.2, 0.25) is 0 Å². The van der Waals surface area contributed by atoms with Gasteiger partial charge in [-0.2, -0.15) is 11.8 Å². The summed E-state index contributed by atoms with van der Waals surface area (Å²) in [5.74, 6) is -0.108. The van der Waals surface area contributed by atoms with E-state index in [1.54, 1.807) is 18.2 Å². The fourth-order valence-electron chi connectivity index (χ4n) is 1.92. The Bertz CT molecular complexity index is 608. The lowest BCUT2D eigenvalue weighted by Crippen LogP contribution is -2.47. The van der Waals surface area contributed by atoms with Gasteiger partial charge in [0.2, 0.25) is 15.9 Å². The third kappa shape index (κ3) is 7.32. The molecule has 0 aromatic heterocycles. The predicted molar refractivity (Wildman–Crippen MR) is 92.5 cm³/mol. The van der Waals surface area contributed by atoms with Crippen molar-refractivity contribution in [3.8, 4) is 0 Å². The van der Waals surface area contributed by atoms with E-state index in [-0.39, 0.29) is 24.0 Å². The molecule has 130 valence electrons. The van der Waals surface area contributed by atoms with Gasteiger partial charge in [0.05, 0.1) is 5.75 Å². The Morgan fingerprint density at radius 2 is 2.04 bits per heavy atom. The summed E-state index contributed by atoms with van der Waals surface area (Å²) in [6, 6.07) is 5.57. The van der Waals surface area contributed by atoms with Crippen LogP contribution in [0.5, 0.6) is 0 Å². The molecule has 0 aliphatic rings. The van der Waals surface area contributed by atoms with Gasteiger partial charge in [0, 0.05) is 6.54 Å². The van der Waals surface area contributed by atoms with Gasteiger partial charge in [0.1, 0.15) is 11.9 Å². The fourth-order valence-corrected chi connectivity index (χ4v) is 3.22. The monoisotopic (exact) mass is 362 g/mol. The van der Waals surface area contributed by atoms with Crippen molar-refractivity contribution in [1.82, 2.24) is 10.0 Å². The van der Waals surface area contributed by atoms with Crippen molar-refractivity contribution in [2.45, 2.75) is 25.8 Å². The second kappa shape index (κ2) is 9.89. The average Bonchev–Trinajstić information content (AvgIpc) is 2.53. The molecule has 0 radical (unpaired) electrons. The van der Waals surface area contributed by atoms with Gasteiger partial charge in [-0.15, -0.1) is 0 Å². The Hall–Kier alpha value is -1.12. The van der Waals surface area contributed by atoms with Crippen LogP contribution >= 0.6 is 11.8 Å². The number of hydrogen-bond donors (Lipinski definition) is 2. The molecule has 0 spiro atoms. The van der Waals surface area contributed by atoms with Crippen LogP contribution in [0.4, 0.5) is 4.39 Å². The molecule has 8 heteroatoms. The minimum Gasteiger partial charge on any atom is -0.354 e. The number of nitrogens with one attached hydrogen (secondary N) is 2. The maximum Gasteiger partial charge on any atom is 0.238 e. The molecule has 0 heterocycles. The minimum atomic E-state index is -3.46. The molecule has 1 aromatic carbocycles. The first-order chi connectivity index (χ1) is 10.9. The van der Waals surface area contributed by atoms with Gasteiger partial charge in [-0.05, 0) is 43.4 Å². The second-order valence-corrected chi connectivity index (χ2v) is 8.02. The summed E-state index contributed by atoms with van der Waals surface area (Å²) >= 11 is 1.54. The van der Waals surface area contributed by atoms with Crippen molar-refractivity contribution in [2.75, 3.05) is 24.3 Å². The van der Waals surface area contributed by atoms with Gasteiger partial charge < -0.3 is 5.32 Å². The van der Waals surface area contributed by atoms with Crippen LogP contribution in [0, 0.1) is 5.82 Å². The summed E-state index contributed by atoms with van der Waals surface area (Å²) in [6.45, 7) is 1.77. The SMILES string of the molecule is CCS(=O)(=O)NC(CCSC)C(=O)NCCc1ccccc1F. The maximum atomic E-state index is 13.5. The molecule has 1 rings (SSSR count). The van der Waals surface area contributed by atoms with Crippen LogP contribution in [-0.2, 0) is 21.2 Å². The van der Waals surface area contributed by atoms with Gasteiger partial charge in [-0.1, -0.05) is 18.2 Å². The summed E-state index contributed by atoms with van der Waals surface area (Å²) in [7, 11) is -3.46. The highest BCUT2D eigenvalue weighted by molar-refractivity contribution is 7.98. The smallest absolute Gasteiger partial charge is 0.238 e. The van der Waals surface area contributed by atoms with Crippen LogP contribution in [0.1, 0.15) is 18.9 Å². The van der Waals surface area contributed by atoms with Crippen LogP contribution in [0.25, 0.3) is 0 Å². The zero-order valence-corrected chi connectivity index (χ0v) is 15.0. The van der Waals surface area contributed by atoms with E-state index in [0.29, 0.717) is 24.2 Å². The number of hydrogen-bond acceptors (Lipinski definition) is 4. The maximum absolute atomic E-state index is 13.5. The summed E-state index contributed by atoms with van der Waals surface area (Å²) in [6.07, 6.45) is 2.65. The van der Waals surface area contributed by atoms with Crippen LogP contribution in [-0.4, -0.2) is 44.7 Å². The van der Waals surface area contributed by atoms with E-state index in [9.17, 15) is 17.6 Å². The van der Waals surface area contributed by atoms with E-state index in [2.05, 4.69) is 10.0 Å². The Balaban J connectivity index is 2.57. The van der Waals surface area contributed by atoms with E-state index < -0.39 is 16.1 Å². The molecule has 0 aliphatic heterocycles. The quantitative estimate of drug-likeness (QED) is 0.662. The molecule has 23 heavy (non-hydrogen) atoms. The summed E-state index contributed by atoms with van der Waals surface area (Å²) < 4.78 is 39.3. The van der Waals surface area contributed by atoms with Crippen molar-refractivity contribution < 1.29 is 17.6 Å². The molecule has 1 atom stereocenters. The zero-order valence-electron chi connectivity index (χ0n) is 13.3. The highest BCUT2D eigenvalue weighted by atomic mass is 32.2. The van der Waals surface area contributed by atoms with Crippen LogP contribution in [0.3, 0.4) is 0 Å². The zero-order chi connectivity index (χ0) is 17.3. The van der Waals surface area contributed by atoms with Gasteiger partial charge in [0.25, 0.3) is 0 Å². The number of halogens is 1. The number of rotatable bonds is 10. The molecule has 1 unspecified atom stereocenters. The number of amides is 1. The van der Waals surface area contributed by atoms with Gasteiger partial charge in [0.15, 0.2) is 0 Å². The Morgan fingerprint density at radius 1 is 1.35 bits per heavy atom. The number of thioether (sulfide) groups is 1. The number of benzene rings is 1. The van der Waals surface area contributed by atoms with Crippen LogP contribution < -0.4 is 10.0 Å².